The quantitative estimate of drug-likeness (QED) is 0.721. The number of benzene rings is 1. The minimum atomic E-state index is 0.471. The average Bonchev–Trinajstić information content (AvgIpc) is 2.09. The predicted molar refractivity (Wildman–Crippen MR) is 46.6 cm³/mol. The summed E-state index contributed by atoms with van der Waals surface area (Å²) in [6.45, 7) is 0. The van der Waals surface area contributed by atoms with Crippen LogP contribution in [0.4, 0.5) is 0 Å². The van der Waals surface area contributed by atoms with Crippen LogP contribution in [0.5, 0.6) is 11.5 Å². The second kappa shape index (κ2) is 4.23. The van der Waals surface area contributed by atoms with Crippen molar-refractivity contribution >= 4 is 19.3 Å². The van der Waals surface area contributed by atoms with Crippen LogP contribution in [0.1, 0.15) is 0 Å². The van der Waals surface area contributed by atoms with Gasteiger partial charge in [-0.1, -0.05) is 11.6 Å². The van der Waals surface area contributed by atoms with Gasteiger partial charge in [0.1, 0.15) is 11.5 Å². The van der Waals surface area contributed by atoms with E-state index < -0.39 is 0 Å². The van der Waals surface area contributed by atoms with Crippen molar-refractivity contribution in [2.24, 2.45) is 0 Å². The highest BCUT2D eigenvalue weighted by Gasteiger charge is 2.02. The molecule has 0 amide bonds. The molecule has 0 heterocycles. The first kappa shape index (κ1) is 9.22. The molecule has 0 atom stereocenters. The number of ether oxygens (including phenoxy) is 1. The lowest BCUT2D eigenvalue weighted by molar-refractivity contribution is 0.409. The fourth-order valence-corrected chi connectivity index (χ4v) is 0.969. The zero-order valence-electron chi connectivity index (χ0n) is 6.45. The molecule has 0 aromatic heterocycles. The van der Waals surface area contributed by atoms with E-state index in [0.717, 1.165) is 0 Å². The van der Waals surface area contributed by atoms with Crippen LogP contribution in [-0.4, -0.2) is 19.8 Å². The van der Waals surface area contributed by atoms with Crippen LogP contribution in [0, 0.1) is 0 Å². The maximum Gasteiger partial charge on any atom is 0.569 e. The van der Waals surface area contributed by atoms with E-state index >= 15 is 0 Å². The molecule has 0 aliphatic heterocycles. The van der Waals surface area contributed by atoms with Gasteiger partial charge in [-0.25, -0.2) is 0 Å². The number of rotatable bonds is 3. The molecular formula is C7H7BClO3. The maximum absolute atomic E-state index is 8.33. The van der Waals surface area contributed by atoms with Crippen LogP contribution in [0.3, 0.4) is 0 Å². The molecule has 1 aromatic rings. The van der Waals surface area contributed by atoms with Crippen molar-refractivity contribution < 1.29 is 14.4 Å². The fourth-order valence-electron chi connectivity index (χ4n) is 0.774. The molecule has 1 aromatic carbocycles. The Bertz CT molecular complexity index is 267. The molecule has 1 N–H and O–H groups in total. The monoisotopic (exact) mass is 185 g/mol. The van der Waals surface area contributed by atoms with E-state index in [9.17, 15) is 0 Å². The molecular weight excluding hydrogens is 178 g/mol. The van der Waals surface area contributed by atoms with Crippen LogP contribution >= 0.6 is 11.6 Å². The standard InChI is InChI=1S/C7H7BClO3/c1-11-7-4-5(12-8-10)2-3-6(7)9/h2-4,10H,1H3. The molecule has 0 aliphatic rings. The molecule has 1 rings (SSSR count). The predicted octanol–water partition coefficient (Wildman–Crippen LogP) is 1.25. The Morgan fingerprint density at radius 1 is 1.50 bits per heavy atom. The van der Waals surface area contributed by atoms with Crippen molar-refractivity contribution in [3.63, 3.8) is 0 Å². The van der Waals surface area contributed by atoms with Crippen molar-refractivity contribution in [2.45, 2.75) is 0 Å². The summed E-state index contributed by atoms with van der Waals surface area (Å²) in [5, 5.41) is 8.83. The van der Waals surface area contributed by atoms with E-state index in [1.165, 1.54) is 7.11 Å². The van der Waals surface area contributed by atoms with Crippen molar-refractivity contribution in [1.82, 2.24) is 0 Å². The van der Waals surface area contributed by atoms with Crippen molar-refractivity contribution in [3.8, 4) is 11.5 Å². The van der Waals surface area contributed by atoms with Gasteiger partial charge in [0.15, 0.2) is 0 Å². The lowest BCUT2D eigenvalue weighted by Gasteiger charge is -2.05. The zero-order chi connectivity index (χ0) is 8.97. The van der Waals surface area contributed by atoms with Crippen LogP contribution in [0.15, 0.2) is 18.2 Å². The summed E-state index contributed by atoms with van der Waals surface area (Å²) < 4.78 is 9.62. The smallest absolute Gasteiger partial charge is 0.537 e. The summed E-state index contributed by atoms with van der Waals surface area (Å²) in [5.41, 5.74) is 0. The third-order valence-corrected chi connectivity index (χ3v) is 1.62. The maximum atomic E-state index is 8.33. The van der Waals surface area contributed by atoms with Crippen molar-refractivity contribution in [1.29, 1.82) is 0 Å². The first-order valence-electron chi connectivity index (χ1n) is 3.24. The van der Waals surface area contributed by atoms with E-state index in [1.807, 2.05) is 0 Å². The Balaban J connectivity index is 2.89. The Morgan fingerprint density at radius 2 is 2.25 bits per heavy atom. The van der Waals surface area contributed by atoms with Crippen molar-refractivity contribution in [2.75, 3.05) is 7.11 Å². The van der Waals surface area contributed by atoms with Crippen LogP contribution in [-0.2, 0) is 0 Å². The van der Waals surface area contributed by atoms with E-state index in [4.69, 9.17) is 26.0 Å². The summed E-state index contributed by atoms with van der Waals surface area (Å²) in [6.07, 6.45) is 0. The van der Waals surface area contributed by atoms with Gasteiger partial charge in [0.05, 0.1) is 12.1 Å². The van der Waals surface area contributed by atoms with E-state index in [-0.39, 0.29) is 0 Å². The van der Waals surface area contributed by atoms with Gasteiger partial charge in [-0.2, -0.15) is 0 Å². The van der Waals surface area contributed by atoms with E-state index in [1.54, 1.807) is 18.2 Å². The zero-order valence-corrected chi connectivity index (χ0v) is 7.21. The summed E-state index contributed by atoms with van der Waals surface area (Å²) >= 11 is 5.74. The van der Waals surface area contributed by atoms with Crippen LogP contribution in [0.25, 0.3) is 0 Å². The topological polar surface area (TPSA) is 38.7 Å². The molecule has 5 heteroatoms. The van der Waals surface area contributed by atoms with Gasteiger partial charge in [0.2, 0.25) is 0 Å². The second-order valence-electron chi connectivity index (χ2n) is 2.02. The third kappa shape index (κ3) is 2.06. The molecule has 12 heavy (non-hydrogen) atoms. The lowest BCUT2D eigenvalue weighted by atomic mass is 10.3. The summed E-state index contributed by atoms with van der Waals surface area (Å²) in [7, 11) is 2.11. The second-order valence-corrected chi connectivity index (χ2v) is 2.43. The minimum Gasteiger partial charge on any atom is -0.537 e. The van der Waals surface area contributed by atoms with E-state index in [2.05, 4.69) is 0 Å². The molecule has 0 saturated carbocycles. The van der Waals surface area contributed by atoms with Gasteiger partial charge < -0.3 is 14.4 Å². The van der Waals surface area contributed by atoms with Crippen molar-refractivity contribution in [3.05, 3.63) is 23.2 Å². The van der Waals surface area contributed by atoms with Gasteiger partial charge in [0, 0.05) is 6.07 Å². The number of methoxy groups -OCH3 is 1. The summed E-state index contributed by atoms with van der Waals surface area (Å²) in [5.74, 6) is 0.981. The Morgan fingerprint density at radius 3 is 2.83 bits per heavy atom. The largest absolute Gasteiger partial charge is 0.569 e. The Labute approximate surface area is 76.2 Å². The molecule has 0 fully saturated rings. The highest BCUT2D eigenvalue weighted by Crippen LogP contribution is 2.28. The summed E-state index contributed by atoms with van der Waals surface area (Å²) in [4.78, 5) is 0. The molecule has 1 radical (unpaired) electrons. The Hall–Kier alpha value is -0.865. The van der Waals surface area contributed by atoms with Crippen LogP contribution < -0.4 is 9.39 Å². The minimum absolute atomic E-state index is 0.471. The van der Waals surface area contributed by atoms with Gasteiger partial charge in [0.25, 0.3) is 0 Å². The number of halogens is 1. The average molecular weight is 185 g/mol. The molecule has 0 spiro atoms. The molecule has 0 saturated heterocycles. The van der Waals surface area contributed by atoms with Gasteiger partial charge in [-0.3, -0.25) is 0 Å². The van der Waals surface area contributed by atoms with Crippen LogP contribution in [0.2, 0.25) is 5.02 Å². The first-order valence-corrected chi connectivity index (χ1v) is 3.62. The van der Waals surface area contributed by atoms with Gasteiger partial charge in [-0.15, -0.1) is 0 Å². The molecule has 63 valence electrons. The molecule has 0 bridgehead atoms. The Kier molecular flexibility index (Phi) is 3.25. The fraction of sp³-hybridized carbons (Fsp3) is 0.143. The third-order valence-electron chi connectivity index (χ3n) is 1.31. The molecule has 3 nitrogen and oxygen atoms in total. The lowest BCUT2D eigenvalue weighted by Crippen LogP contribution is -1.99. The number of hydrogen-bond acceptors (Lipinski definition) is 3. The highest BCUT2D eigenvalue weighted by molar-refractivity contribution is 6.32. The number of hydrogen-bond donors (Lipinski definition) is 1. The first-order chi connectivity index (χ1) is 5.77. The highest BCUT2D eigenvalue weighted by atomic mass is 35.5. The SMILES string of the molecule is COc1cc(O[B]O)ccc1Cl. The van der Waals surface area contributed by atoms with Gasteiger partial charge >= 0.3 is 7.69 Å². The molecule has 0 aliphatic carbocycles. The molecule has 0 unspecified atom stereocenters. The van der Waals surface area contributed by atoms with E-state index in [0.29, 0.717) is 24.2 Å². The van der Waals surface area contributed by atoms with Gasteiger partial charge in [-0.05, 0) is 12.1 Å². The normalized spacial score (nSPS) is 9.25. The summed E-state index contributed by atoms with van der Waals surface area (Å²) in [6, 6.07) is 4.83.